The van der Waals surface area contributed by atoms with Crippen LogP contribution in [0, 0.1) is 0 Å². The fraction of sp³-hybridized carbons (Fsp3) is 0.700. The van der Waals surface area contributed by atoms with Gasteiger partial charge < -0.3 is 15.5 Å². The maximum atomic E-state index is 4.79. The lowest BCUT2D eigenvalue weighted by Crippen LogP contribution is -2.49. The molecule has 0 saturated carbocycles. The summed E-state index contributed by atoms with van der Waals surface area (Å²) in [5.74, 6) is 0.906. The summed E-state index contributed by atoms with van der Waals surface area (Å²) in [6.45, 7) is 12.6. The second-order valence-electron chi connectivity index (χ2n) is 7.72. The van der Waals surface area contributed by atoms with Gasteiger partial charge in [0.25, 0.3) is 0 Å². The molecule has 2 aliphatic rings. The molecule has 0 unspecified atom stereocenters. The molecule has 2 saturated heterocycles. The number of hydrogen-bond donors (Lipinski definition) is 2. The van der Waals surface area contributed by atoms with Gasteiger partial charge in [0.15, 0.2) is 11.1 Å². The molecule has 150 valence electrons. The van der Waals surface area contributed by atoms with E-state index in [2.05, 4.69) is 44.3 Å². The smallest absolute Gasteiger partial charge is 0.191 e. The van der Waals surface area contributed by atoms with Crippen LogP contribution in [0.25, 0.3) is 0 Å². The van der Waals surface area contributed by atoms with E-state index in [4.69, 9.17) is 4.98 Å². The van der Waals surface area contributed by atoms with Gasteiger partial charge in [-0.3, -0.25) is 9.89 Å². The number of thiazole rings is 1. The van der Waals surface area contributed by atoms with Crippen LogP contribution in [0.4, 0.5) is 5.13 Å². The maximum absolute atomic E-state index is 4.79. The van der Waals surface area contributed by atoms with E-state index < -0.39 is 0 Å². The first-order valence-electron chi connectivity index (χ1n) is 10.2. The van der Waals surface area contributed by atoms with Gasteiger partial charge in [0, 0.05) is 64.2 Å². The van der Waals surface area contributed by atoms with Gasteiger partial charge in [0.2, 0.25) is 0 Å². The Morgan fingerprint density at radius 1 is 1.30 bits per heavy atom. The molecular weight excluding hydrogens is 356 g/mol. The molecule has 0 spiro atoms. The quantitative estimate of drug-likeness (QED) is 0.426. The van der Waals surface area contributed by atoms with Gasteiger partial charge in [-0.05, 0) is 32.6 Å². The Morgan fingerprint density at radius 3 is 2.70 bits per heavy atom. The molecule has 1 aromatic heterocycles. The molecule has 7 heteroatoms. The molecule has 3 heterocycles. The second-order valence-corrected chi connectivity index (χ2v) is 8.55. The Hall–Kier alpha value is -1.60. The van der Waals surface area contributed by atoms with E-state index in [0.29, 0.717) is 6.04 Å². The van der Waals surface area contributed by atoms with Crippen LogP contribution in [0.1, 0.15) is 38.3 Å². The van der Waals surface area contributed by atoms with Crippen molar-refractivity contribution in [3.8, 4) is 0 Å². The van der Waals surface area contributed by atoms with Crippen LogP contribution in [0.5, 0.6) is 0 Å². The highest BCUT2D eigenvalue weighted by atomic mass is 32.1. The minimum Gasteiger partial charge on any atom is -0.356 e. The fourth-order valence-electron chi connectivity index (χ4n) is 3.78. The van der Waals surface area contributed by atoms with E-state index in [0.717, 1.165) is 64.5 Å². The number of aromatic nitrogens is 1. The van der Waals surface area contributed by atoms with Crippen LogP contribution < -0.4 is 15.5 Å². The first kappa shape index (κ1) is 20.1. The monoisotopic (exact) mass is 390 g/mol. The average Bonchev–Trinajstić information content (AvgIpc) is 3.33. The normalized spacial score (nSPS) is 19.5. The summed E-state index contributed by atoms with van der Waals surface area (Å²) in [4.78, 5) is 14.1. The van der Waals surface area contributed by atoms with E-state index in [-0.39, 0.29) is 0 Å². The van der Waals surface area contributed by atoms with Gasteiger partial charge in [0.1, 0.15) is 0 Å². The van der Waals surface area contributed by atoms with Gasteiger partial charge >= 0.3 is 0 Å². The van der Waals surface area contributed by atoms with Crippen molar-refractivity contribution in [2.45, 2.75) is 45.1 Å². The second kappa shape index (κ2) is 10.1. The topological polar surface area (TPSA) is 55.8 Å². The molecule has 2 N–H and O–H groups in total. The average molecular weight is 391 g/mol. The van der Waals surface area contributed by atoms with Crippen LogP contribution in [-0.4, -0.2) is 68.2 Å². The minimum atomic E-state index is 0.499. The van der Waals surface area contributed by atoms with Crippen molar-refractivity contribution in [2.24, 2.45) is 4.99 Å². The van der Waals surface area contributed by atoms with Crippen LogP contribution >= 0.6 is 11.3 Å². The number of piperidine rings is 1. The Labute approximate surface area is 167 Å². The number of likely N-dealkylation sites (tertiary alicyclic amines) is 1. The summed E-state index contributed by atoms with van der Waals surface area (Å²) >= 11 is 1.77. The summed E-state index contributed by atoms with van der Waals surface area (Å²) < 4.78 is 0. The number of guanidine groups is 1. The molecule has 0 amide bonds. The first-order chi connectivity index (χ1) is 13.1. The van der Waals surface area contributed by atoms with Crippen molar-refractivity contribution in [1.29, 1.82) is 0 Å². The molecule has 3 rings (SSSR count). The largest absolute Gasteiger partial charge is 0.356 e. The van der Waals surface area contributed by atoms with E-state index in [1.807, 2.05) is 7.05 Å². The maximum Gasteiger partial charge on any atom is 0.191 e. The van der Waals surface area contributed by atoms with Gasteiger partial charge in [-0.25, -0.2) is 4.98 Å². The number of nitrogens with one attached hydrogen (secondary N) is 2. The molecule has 6 nitrogen and oxygen atoms in total. The molecule has 27 heavy (non-hydrogen) atoms. The highest BCUT2D eigenvalue weighted by Gasteiger charge is 2.20. The number of nitrogens with zero attached hydrogens (tertiary/aromatic N) is 4. The molecule has 0 radical (unpaired) electrons. The Bertz CT molecular complexity index is 626. The molecule has 2 fully saturated rings. The van der Waals surface area contributed by atoms with Crippen LogP contribution in [0.15, 0.2) is 22.5 Å². The third kappa shape index (κ3) is 6.21. The number of hydrogen-bond acceptors (Lipinski definition) is 5. The lowest BCUT2D eigenvalue weighted by molar-refractivity contribution is 0.221. The van der Waals surface area contributed by atoms with E-state index >= 15 is 0 Å². The lowest BCUT2D eigenvalue weighted by atomic mass is 10.0. The predicted molar refractivity (Wildman–Crippen MR) is 116 cm³/mol. The zero-order valence-electron chi connectivity index (χ0n) is 16.8. The van der Waals surface area contributed by atoms with Crippen molar-refractivity contribution < 1.29 is 0 Å². The third-order valence-corrected chi connectivity index (χ3v) is 6.19. The molecule has 0 aromatic carbocycles. The molecule has 0 atom stereocenters. The van der Waals surface area contributed by atoms with Gasteiger partial charge in [-0.1, -0.05) is 12.2 Å². The number of aliphatic imine (C=N–C) groups is 1. The Balaban J connectivity index is 1.36. The van der Waals surface area contributed by atoms with Crippen molar-refractivity contribution in [1.82, 2.24) is 20.5 Å². The van der Waals surface area contributed by atoms with Gasteiger partial charge in [-0.2, -0.15) is 0 Å². The van der Waals surface area contributed by atoms with Crippen molar-refractivity contribution >= 4 is 22.4 Å². The number of anilines is 1. The summed E-state index contributed by atoms with van der Waals surface area (Å²) in [5, 5.41) is 10.4. The lowest BCUT2D eigenvalue weighted by Gasteiger charge is -2.33. The van der Waals surface area contributed by atoms with Crippen molar-refractivity contribution in [3.05, 3.63) is 23.2 Å². The van der Waals surface area contributed by atoms with E-state index in [1.165, 1.54) is 29.2 Å². The highest BCUT2D eigenvalue weighted by molar-refractivity contribution is 7.13. The Kier molecular flexibility index (Phi) is 7.52. The summed E-state index contributed by atoms with van der Waals surface area (Å²) in [6.07, 6.45) is 5.83. The summed E-state index contributed by atoms with van der Waals surface area (Å²) in [5.41, 5.74) is 2.42. The van der Waals surface area contributed by atoms with Crippen LogP contribution in [0.2, 0.25) is 0 Å². The van der Waals surface area contributed by atoms with Crippen molar-refractivity contribution in [2.75, 3.05) is 51.2 Å². The first-order valence-corrected chi connectivity index (χ1v) is 11.1. The zero-order valence-corrected chi connectivity index (χ0v) is 17.7. The van der Waals surface area contributed by atoms with Crippen LogP contribution in [-0.2, 0) is 6.42 Å². The summed E-state index contributed by atoms with van der Waals surface area (Å²) in [6, 6.07) is 0.499. The minimum absolute atomic E-state index is 0.499. The standard InChI is InChI=1S/C20H34N6S/c1-16(2)14-25-12-7-17(8-13-25)23-19(21-3)22-9-6-18-15-27-20(24-18)26-10-4-5-11-26/h15,17H,1,4-14H2,2-3H3,(H2,21,22,23). The molecule has 2 aliphatic heterocycles. The predicted octanol–water partition coefficient (Wildman–Crippen LogP) is 2.49. The number of rotatable bonds is 7. The van der Waals surface area contributed by atoms with Gasteiger partial charge in [0.05, 0.1) is 5.69 Å². The fourth-order valence-corrected chi connectivity index (χ4v) is 4.69. The van der Waals surface area contributed by atoms with Crippen molar-refractivity contribution in [3.63, 3.8) is 0 Å². The van der Waals surface area contributed by atoms with E-state index in [1.54, 1.807) is 11.3 Å². The third-order valence-electron chi connectivity index (χ3n) is 5.24. The van der Waals surface area contributed by atoms with Gasteiger partial charge in [-0.15, -0.1) is 11.3 Å². The SMILES string of the molecule is C=C(C)CN1CCC(NC(=NC)NCCc2csc(N3CCCC3)n2)CC1. The molecular formula is C20H34N6S. The van der Waals surface area contributed by atoms with Crippen LogP contribution in [0.3, 0.4) is 0 Å². The Morgan fingerprint density at radius 2 is 2.04 bits per heavy atom. The zero-order chi connectivity index (χ0) is 19.1. The summed E-state index contributed by atoms with van der Waals surface area (Å²) in [7, 11) is 1.85. The molecule has 0 bridgehead atoms. The molecule has 1 aromatic rings. The van der Waals surface area contributed by atoms with E-state index in [9.17, 15) is 0 Å². The highest BCUT2D eigenvalue weighted by Crippen LogP contribution is 2.24. The molecule has 0 aliphatic carbocycles.